The molecular formula is C70H79Cl2Si5Zr. The first-order chi connectivity index (χ1) is 36.8. The molecule has 8 heteroatoms. The molecule has 2 aliphatic carbocycles. The summed E-state index contributed by atoms with van der Waals surface area (Å²) in [5.74, 6) is 0. The number of allylic oxidation sites excluding steroid dienone is 2. The van der Waals surface area contributed by atoms with E-state index in [1.165, 1.54) is 123 Å². The standard InChI is InChI=1S/2C29H35Si2.C12H9Si.2ClH.Zr/c2*1-8-21-16-23-14-15-27(22-12-10-9-11-13-22)29(28(23)17-21)24-18-25(30(2,3)4)20-26(19-24)31(5,6)7;1-3-7-11-9(5-1)10-6-2-4-8-12(10)13-11;;;/h2*9-20H,8H2,1-7H3;1-7H,13H2;2*1H;/q;;;;;+2/p-2. The number of fused-ring (bicyclic) bond motifs is 5. The zero-order valence-electron chi connectivity index (χ0n) is 48.8. The van der Waals surface area contributed by atoms with E-state index in [0.29, 0.717) is 0 Å². The van der Waals surface area contributed by atoms with Crippen molar-refractivity contribution in [1.82, 2.24) is 0 Å². The second-order valence-corrected chi connectivity index (χ2v) is 69.9. The molecule has 2 atom stereocenters. The summed E-state index contributed by atoms with van der Waals surface area (Å²) >= 11 is -5.90. The molecule has 8 aromatic carbocycles. The molecular weight excluding hydrogens is 1140 g/mol. The molecule has 11 rings (SSSR count). The van der Waals surface area contributed by atoms with Crippen molar-refractivity contribution in [3.63, 3.8) is 0 Å². The molecule has 1 aliphatic heterocycles. The van der Waals surface area contributed by atoms with E-state index in [0.717, 1.165) is 12.8 Å². The second kappa shape index (κ2) is 20.0. The molecule has 0 N–H and O–H groups in total. The van der Waals surface area contributed by atoms with Gasteiger partial charge < -0.3 is 0 Å². The number of hydrogen-bond acceptors (Lipinski definition) is 0. The van der Waals surface area contributed by atoms with Gasteiger partial charge in [-0.1, -0.05) is 0 Å². The first-order valence-corrected chi connectivity index (χ1v) is 54.6. The third-order valence-electron chi connectivity index (χ3n) is 17.9. The van der Waals surface area contributed by atoms with Crippen LogP contribution in [0.15, 0.2) is 175 Å². The summed E-state index contributed by atoms with van der Waals surface area (Å²) in [5, 5.41) is 9.04. The van der Waals surface area contributed by atoms with Crippen LogP contribution in [0.2, 0.25) is 78.6 Å². The third kappa shape index (κ3) is 9.48. The summed E-state index contributed by atoms with van der Waals surface area (Å²) < 4.78 is 0.951. The summed E-state index contributed by atoms with van der Waals surface area (Å²) in [4.78, 5) is 0. The minimum atomic E-state index is -5.90. The van der Waals surface area contributed by atoms with Gasteiger partial charge >= 0.3 is 487 Å². The average molecular weight is 1220 g/mol. The molecule has 0 saturated heterocycles. The second-order valence-electron chi connectivity index (χ2n) is 27.1. The Kier molecular flexibility index (Phi) is 14.3. The molecule has 3 aliphatic rings. The Morgan fingerprint density at radius 1 is 0.397 bits per heavy atom. The fourth-order valence-corrected chi connectivity index (χ4v) is 46.9. The molecule has 0 nitrogen and oxygen atoms in total. The van der Waals surface area contributed by atoms with Gasteiger partial charge in [-0.05, 0) is 0 Å². The monoisotopic (exact) mass is 1220 g/mol. The average Bonchev–Trinajstić information content (AvgIpc) is 2.48. The number of halogens is 2. The third-order valence-corrected chi connectivity index (χ3v) is 48.8. The van der Waals surface area contributed by atoms with E-state index in [2.05, 4.69) is 268 Å². The normalized spacial score (nSPS) is 17.0. The number of benzene rings is 8. The van der Waals surface area contributed by atoms with Crippen molar-refractivity contribution < 1.29 is 16.4 Å². The zero-order valence-corrected chi connectivity index (χ0v) is 58.2. The van der Waals surface area contributed by atoms with E-state index in [-0.39, 0.29) is 7.25 Å². The Balaban J connectivity index is 1.26. The molecule has 0 aromatic heterocycles. The van der Waals surface area contributed by atoms with Crippen molar-refractivity contribution >= 4 is 105 Å². The Hall–Kier alpha value is -4.21. The van der Waals surface area contributed by atoms with Crippen molar-refractivity contribution in [3.05, 3.63) is 197 Å². The van der Waals surface area contributed by atoms with E-state index in [4.69, 9.17) is 0 Å². The van der Waals surface area contributed by atoms with Crippen LogP contribution in [0.1, 0.15) is 56.2 Å². The van der Waals surface area contributed by atoms with Gasteiger partial charge in [0.05, 0.1) is 0 Å². The van der Waals surface area contributed by atoms with Crippen LogP contribution in [-0.2, 0) is 16.4 Å². The van der Waals surface area contributed by atoms with Gasteiger partial charge in [-0.15, -0.1) is 0 Å². The van der Waals surface area contributed by atoms with Crippen LogP contribution in [0.5, 0.6) is 0 Å². The Labute approximate surface area is 482 Å². The Morgan fingerprint density at radius 2 is 0.782 bits per heavy atom. The van der Waals surface area contributed by atoms with Gasteiger partial charge in [-0.25, -0.2) is 0 Å². The van der Waals surface area contributed by atoms with Crippen LogP contribution in [0.3, 0.4) is 0 Å². The van der Waals surface area contributed by atoms with Crippen LogP contribution in [-0.4, -0.2) is 41.8 Å². The molecule has 0 saturated carbocycles. The van der Waals surface area contributed by atoms with Gasteiger partial charge in [0.15, 0.2) is 0 Å². The van der Waals surface area contributed by atoms with Gasteiger partial charge in [-0.2, -0.15) is 0 Å². The number of hydrogen-bond donors (Lipinski definition) is 0. The van der Waals surface area contributed by atoms with Gasteiger partial charge in [-0.3, -0.25) is 0 Å². The van der Waals surface area contributed by atoms with Crippen LogP contribution >= 0.6 is 17.0 Å². The predicted molar refractivity (Wildman–Crippen MR) is 360 cm³/mol. The quantitative estimate of drug-likeness (QED) is 0.101. The van der Waals surface area contributed by atoms with Crippen LogP contribution in [0.25, 0.3) is 67.8 Å². The fourth-order valence-electron chi connectivity index (χ4n) is 13.6. The predicted octanol–water partition coefficient (Wildman–Crippen LogP) is 16.4. The van der Waals surface area contributed by atoms with E-state index in [9.17, 15) is 17.0 Å². The SMILES string of the molecule is CCC1=Cc2c(ccc(-c3ccccc3)c2-c2cc([Si](C)(C)C)cc([Si](C)(C)C)c2)[CH]1[Zr]([Cl])([Cl])([c]1cccc2c1[SiH2]c1ccccc1-2)[CH]1C(CC)=Cc2c1ccc(-c1ccccc1)c2-c1cc([Si](C)(C)C)cc([Si](C)(C)C)c1. The van der Waals surface area contributed by atoms with Crippen molar-refractivity contribution in [2.45, 2.75) is 113 Å². The van der Waals surface area contributed by atoms with Gasteiger partial charge in [0.25, 0.3) is 0 Å². The molecule has 2 unspecified atom stereocenters. The molecule has 0 radical (unpaired) electrons. The van der Waals surface area contributed by atoms with E-state index < -0.39 is 58.2 Å². The molecule has 0 bridgehead atoms. The van der Waals surface area contributed by atoms with Crippen molar-refractivity contribution in [1.29, 1.82) is 0 Å². The summed E-state index contributed by atoms with van der Waals surface area (Å²) in [6, 6.07) is 63.9. The number of rotatable bonds is 13. The molecule has 0 fully saturated rings. The van der Waals surface area contributed by atoms with Crippen molar-refractivity contribution in [2.75, 3.05) is 0 Å². The maximum atomic E-state index is 9.75. The molecule has 1 heterocycles. The zero-order chi connectivity index (χ0) is 55.5. The summed E-state index contributed by atoms with van der Waals surface area (Å²) in [6.45, 7) is 34.8. The van der Waals surface area contributed by atoms with E-state index in [1.807, 2.05) is 0 Å². The van der Waals surface area contributed by atoms with E-state index >= 15 is 0 Å². The fraction of sp³-hybridized carbons (Fsp3) is 0.257. The minimum absolute atomic E-state index is 0.170. The Bertz CT molecular complexity index is 3510. The molecule has 78 heavy (non-hydrogen) atoms. The topological polar surface area (TPSA) is 0 Å². The first kappa shape index (κ1) is 55.7. The van der Waals surface area contributed by atoms with Crippen LogP contribution < -0.4 is 34.4 Å². The molecule has 0 amide bonds. The summed E-state index contributed by atoms with van der Waals surface area (Å²) in [7, 11) is 11.5. The molecule has 8 aromatic rings. The van der Waals surface area contributed by atoms with Crippen molar-refractivity contribution in [3.8, 4) is 55.6 Å². The summed E-state index contributed by atoms with van der Waals surface area (Å²) in [6.07, 6.45) is 6.91. The van der Waals surface area contributed by atoms with E-state index in [1.54, 1.807) is 0 Å². The Morgan fingerprint density at radius 3 is 1.18 bits per heavy atom. The van der Waals surface area contributed by atoms with Crippen LogP contribution in [0.4, 0.5) is 0 Å². The molecule has 397 valence electrons. The van der Waals surface area contributed by atoms with Gasteiger partial charge in [0.2, 0.25) is 0 Å². The van der Waals surface area contributed by atoms with Crippen molar-refractivity contribution in [2.24, 2.45) is 0 Å². The van der Waals surface area contributed by atoms with Crippen LogP contribution in [0, 0.1) is 0 Å². The molecule has 0 spiro atoms. The summed E-state index contributed by atoms with van der Waals surface area (Å²) in [5.41, 5.74) is 21.0. The first-order valence-electron chi connectivity index (χ1n) is 28.8. The maximum absolute atomic E-state index is 9.75. The van der Waals surface area contributed by atoms with Gasteiger partial charge in [0.1, 0.15) is 0 Å². The van der Waals surface area contributed by atoms with Gasteiger partial charge in [0, 0.05) is 0 Å².